The Hall–Kier alpha value is -1.76. The lowest BCUT2D eigenvalue weighted by Gasteiger charge is -2.12. The van der Waals surface area contributed by atoms with Crippen LogP contribution >= 0.6 is 35.0 Å². The molecule has 0 unspecified atom stereocenters. The Bertz CT molecular complexity index is 940. The highest BCUT2D eigenvalue weighted by Crippen LogP contribution is 2.28. The van der Waals surface area contributed by atoms with Gasteiger partial charge in [-0.15, -0.1) is 10.2 Å². The first-order chi connectivity index (χ1) is 12.3. The molecule has 5 nitrogen and oxygen atoms in total. The summed E-state index contributed by atoms with van der Waals surface area (Å²) in [6.45, 7) is 6.08. The van der Waals surface area contributed by atoms with Crippen molar-refractivity contribution < 1.29 is 4.79 Å². The summed E-state index contributed by atoms with van der Waals surface area (Å²) >= 11 is 13.5. The zero-order valence-corrected chi connectivity index (χ0v) is 16.9. The molecule has 0 aliphatic carbocycles. The number of anilines is 1. The third-order valence-corrected chi connectivity index (χ3v) is 5.43. The van der Waals surface area contributed by atoms with E-state index in [2.05, 4.69) is 29.4 Å². The fraction of sp³-hybridized carbons (Fsp3) is 0.278. The molecule has 0 aliphatic heterocycles. The number of aromatic nitrogens is 3. The fourth-order valence-corrected chi connectivity index (χ4v) is 3.72. The summed E-state index contributed by atoms with van der Waals surface area (Å²) in [5.74, 6) is 0.339. The second kappa shape index (κ2) is 7.86. The average Bonchev–Trinajstić information content (AvgIpc) is 2.98. The van der Waals surface area contributed by atoms with E-state index in [0.29, 0.717) is 26.8 Å². The van der Waals surface area contributed by atoms with E-state index >= 15 is 0 Å². The zero-order chi connectivity index (χ0) is 18.8. The summed E-state index contributed by atoms with van der Waals surface area (Å²) in [6, 6.07) is 9.48. The molecule has 136 valence electrons. The number of nitrogens with one attached hydrogen (secondary N) is 1. The van der Waals surface area contributed by atoms with Crippen molar-refractivity contribution in [3.05, 3.63) is 52.1 Å². The van der Waals surface area contributed by atoms with Gasteiger partial charge in [0.1, 0.15) is 0 Å². The molecule has 0 aliphatic rings. The van der Waals surface area contributed by atoms with Gasteiger partial charge in [-0.05, 0) is 36.6 Å². The molecular weight excluding hydrogens is 391 g/mol. The van der Waals surface area contributed by atoms with Crippen molar-refractivity contribution >= 4 is 52.2 Å². The van der Waals surface area contributed by atoms with Crippen LogP contribution in [0.25, 0.3) is 5.65 Å². The SMILES string of the molecule is CC(C)c1ccc(NC(=O)[C@@H](C)Sc2nnc3c(Cl)cc(Cl)cn23)cc1. The van der Waals surface area contributed by atoms with E-state index in [1.165, 1.54) is 17.3 Å². The monoisotopic (exact) mass is 408 g/mol. The van der Waals surface area contributed by atoms with E-state index in [9.17, 15) is 4.79 Å². The van der Waals surface area contributed by atoms with E-state index in [1.54, 1.807) is 16.7 Å². The van der Waals surface area contributed by atoms with E-state index in [4.69, 9.17) is 23.2 Å². The van der Waals surface area contributed by atoms with Gasteiger partial charge in [0.25, 0.3) is 0 Å². The van der Waals surface area contributed by atoms with Crippen LogP contribution in [0.1, 0.15) is 32.3 Å². The van der Waals surface area contributed by atoms with E-state index in [-0.39, 0.29) is 11.2 Å². The Balaban J connectivity index is 1.71. The van der Waals surface area contributed by atoms with Crippen LogP contribution in [0.15, 0.2) is 41.7 Å². The summed E-state index contributed by atoms with van der Waals surface area (Å²) in [6.07, 6.45) is 1.68. The second-order valence-corrected chi connectivity index (χ2v) is 8.36. The van der Waals surface area contributed by atoms with Gasteiger partial charge in [-0.3, -0.25) is 9.20 Å². The van der Waals surface area contributed by atoms with Crippen molar-refractivity contribution in [3.63, 3.8) is 0 Å². The lowest BCUT2D eigenvalue weighted by atomic mass is 10.0. The molecule has 0 saturated carbocycles. The van der Waals surface area contributed by atoms with Crippen LogP contribution in [0.3, 0.4) is 0 Å². The topological polar surface area (TPSA) is 59.3 Å². The minimum Gasteiger partial charge on any atom is -0.325 e. The molecule has 26 heavy (non-hydrogen) atoms. The first-order valence-corrected chi connectivity index (χ1v) is 9.76. The third kappa shape index (κ3) is 4.14. The van der Waals surface area contributed by atoms with E-state index < -0.39 is 0 Å². The molecule has 1 N–H and O–H groups in total. The number of halogens is 2. The van der Waals surface area contributed by atoms with Gasteiger partial charge in [-0.25, -0.2) is 0 Å². The minimum atomic E-state index is -0.370. The molecule has 2 aromatic heterocycles. The molecular formula is C18H18Cl2N4OS. The van der Waals surface area contributed by atoms with Gasteiger partial charge in [0.05, 0.1) is 15.3 Å². The number of hydrogen-bond donors (Lipinski definition) is 1. The smallest absolute Gasteiger partial charge is 0.237 e. The maximum atomic E-state index is 12.5. The normalized spacial score (nSPS) is 12.5. The van der Waals surface area contributed by atoms with E-state index in [0.717, 1.165) is 5.69 Å². The van der Waals surface area contributed by atoms with Crippen molar-refractivity contribution in [3.8, 4) is 0 Å². The molecule has 3 rings (SSSR count). The van der Waals surface area contributed by atoms with Crippen LogP contribution < -0.4 is 5.32 Å². The highest BCUT2D eigenvalue weighted by Gasteiger charge is 2.19. The van der Waals surface area contributed by atoms with Crippen LogP contribution in [0.5, 0.6) is 0 Å². The molecule has 1 amide bonds. The van der Waals surface area contributed by atoms with Crippen molar-refractivity contribution in [1.29, 1.82) is 0 Å². The van der Waals surface area contributed by atoms with Gasteiger partial charge in [-0.2, -0.15) is 0 Å². The number of rotatable bonds is 5. The van der Waals surface area contributed by atoms with E-state index in [1.807, 2.05) is 31.2 Å². The van der Waals surface area contributed by atoms with Gasteiger partial charge >= 0.3 is 0 Å². The molecule has 3 aromatic rings. The Morgan fingerprint density at radius 1 is 1.15 bits per heavy atom. The number of amides is 1. The Morgan fingerprint density at radius 2 is 1.85 bits per heavy atom. The summed E-state index contributed by atoms with van der Waals surface area (Å²) < 4.78 is 1.69. The van der Waals surface area contributed by atoms with Crippen molar-refractivity contribution in [2.45, 2.75) is 37.1 Å². The molecule has 1 atom stereocenters. The Morgan fingerprint density at radius 3 is 2.50 bits per heavy atom. The Labute approximate surface area is 166 Å². The molecule has 0 spiro atoms. The number of fused-ring (bicyclic) bond motifs is 1. The number of hydrogen-bond acceptors (Lipinski definition) is 4. The minimum absolute atomic E-state index is 0.114. The quantitative estimate of drug-likeness (QED) is 0.583. The standard InChI is InChI=1S/C18H18Cl2N4OS/c1-10(2)12-4-6-14(7-5-12)21-17(25)11(3)26-18-23-22-16-15(20)8-13(19)9-24(16)18/h4-11H,1-3H3,(H,21,25)/t11-/m1/s1. The molecule has 0 radical (unpaired) electrons. The highest BCUT2D eigenvalue weighted by atomic mass is 35.5. The van der Waals surface area contributed by atoms with Crippen molar-refractivity contribution in [2.24, 2.45) is 0 Å². The van der Waals surface area contributed by atoms with Crippen LogP contribution in [0.2, 0.25) is 10.0 Å². The molecule has 2 heterocycles. The third-order valence-electron chi connectivity index (χ3n) is 3.89. The lowest BCUT2D eigenvalue weighted by Crippen LogP contribution is -2.22. The number of nitrogens with zero attached hydrogens (tertiary/aromatic N) is 3. The summed E-state index contributed by atoms with van der Waals surface area (Å²) in [5.41, 5.74) is 2.51. The maximum absolute atomic E-state index is 12.5. The van der Waals surface area contributed by atoms with Gasteiger partial charge in [0.15, 0.2) is 10.8 Å². The van der Waals surface area contributed by atoms with Gasteiger partial charge in [0, 0.05) is 11.9 Å². The first-order valence-electron chi connectivity index (χ1n) is 8.12. The summed E-state index contributed by atoms with van der Waals surface area (Å²) in [4.78, 5) is 12.5. The molecule has 8 heteroatoms. The predicted molar refractivity (Wildman–Crippen MR) is 107 cm³/mol. The first kappa shape index (κ1) is 19.0. The van der Waals surface area contributed by atoms with Gasteiger partial charge < -0.3 is 5.32 Å². The number of pyridine rings is 1. The lowest BCUT2D eigenvalue weighted by molar-refractivity contribution is -0.115. The molecule has 0 bridgehead atoms. The molecule has 0 fully saturated rings. The summed E-state index contributed by atoms with van der Waals surface area (Å²) in [7, 11) is 0. The number of carbonyl (C=O) groups excluding carboxylic acids is 1. The zero-order valence-electron chi connectivity index (χ0n) is 14.5. The average molecular weight is 409 g/mol. The van der Waals surface area contributed by atoms with Gasteiger partial charge in [-0.1, -0.05) is 60.9 Å². The van der Waals surface area contributed by atoms with Gasteiger partial charge in [0.2, 0.25) is 5.91 Å². The highest BCUT2D eigenvalue weighted by molar-refractivity contribution is 8.00. The summed E-state index contributed by atoms with van der Waals surface area (Å²) in [5, 5.41) is 12.2. The largest absolute Gasteiger partial charge is 0.325 e. The van der Waals surface area contributed by atoms with Crippen molar-refractivity contribution in [2.75, 3.05) is 5.32 Å². The van der Waals surface area contributed by atoms with Crippen molar-refractivity contribution in [1.82, 2.24) is 14.6 Å². The van der Waals surface area contributed by atoms with Crippen LogP contribution in [0.4, 0.5) is 5.69 Å². The van der Waals surface area contributed by atoms with Crippen LogP contribution in [0, 0.1) is 0 Å². The van der Waals surface area contributed by atoms with Crippen LogP contribution in [-0.4, -0.2) is 25.8 Å². The van der Waals surface area contributed by atoms with Crippen LogP contribution in [-0.2, 0) is 4.79 Å². The maximum Gasteiger partial charge on any atom is 0.237 e. The predicted octanol–water partition coefficient (Wildman–Crippen LogP) is 5.28. The Kier molecular flexibility index (Phi) is 5.75. The molecule has 0 saturated heterocycles. The number of benzene rings is 1. The number of thioether (sulfide) groups is 1. The fourth-order valence-electron chi connectivity index (χ4n) is 2.39. The second-order valence-electron chi connectivity index (χ2n) is 6.21. The molecule has 1 aromatic carbocycles. The number of carbonyl (C=O) groups is 1.